The van der Waals surface area contributed by atoms with Crippen LogP contribution < -0.4 is 0 Å². The van der Waals surface area contributed by atoms with Gasteiger partial charge in [-0.2, -0.15) is 0 Å². The van der Waals surface area contributed by atoms with Crippen LogP contribution in [-0.4, -0.2) is 29.6 Å². The third-order valence-corrected chi connectivity index (χ3v) is 3.56. The van der Waals surface area contributed by atoms with E-state index in [-0.39, 0.29) is 18.3 Å². The van der Waals surface area contributed by atoms with Crippen LogP contribution in [-0.2, 0) is 14.3 Å². The number of carbonyl (C=O) groups is 2. The summed E-state index contributed by atoms with van der Waals surface area (Å²) in [7, 11) is 0. The minimum absolute atomic E-state index is 0.0471. The van der Waals surface area contributed by atoms with Gasteiger partial charge in [0.25, 0.3) is 0 Å². The fourth-order valence-corrected chi connectivity index (χ4v) is 2.67. The average Bonchev–Trinajstić information content (AvgIpc) is 2.28. The molecule has 0 aliphatic heterocycles. The van der Waals surface area contributed by atoms with Crippen LogP contribution >= 0.6 is 0 Å². The molecule has 0 bridgehead atoms. The molecule has 17 heavy (non-hydrogen) atoms. The molecule has 0 radical (unpaired) electrons. The van der Waals surface area contributed by atoms with E-state index in [9.17, 15) is 14.7 Å². The van der Waals surface area contributed by atoms with Gasteiger partial charge in [-0.25, -0.2) is 0 Å². The molecule has 1 N–H and O–H groups in total. The Kier molecular flexibility index (Phi) is 5.62. The first-order valence-electron chi connectivity index (χ1n) is 6.44. The molecule has 0 aromatic heterocycles. The molecule has 0 heterocycles. The lowest BCUT2D eigenvalue weighted by molar-refractivity contribution is -0.153. The zero-order valence-corrected chi connectivity index (χ0v) is 10.5. The smallest absolute Gasteiger partial charge is 0.308 e. The highest BCUT2D eigenvalue weighted by Gasteiger charge is 2.40. The van der Waals surface area contributed by atoms with E-state index in [1.54, 1.807) is 6.92 Å². The summed E-state index contributed by atoms with van der Waals surface area (Å²) in [6, 6.07) is 0. The number of hydrogen-bond acceptors (Lipinski definition) is 4. The molecule has 1 aliphatic carbocycles. The molecule has 0 aromatic rings. The lowest BCUT2D eigenvalue weighted by Crippen LogP contribution is -2.43. The Morgan fingerprint density at radius 3 is 2.94 bits per heavy atom. The van der Waals surface area contributed by atoms with E-state index in [2.05, 4.69) is 0 Å². The number of aliphatic hydroxyl groups is 1. The minimum atomic E-state index is -0.965. The summed E-state index contributed by atoms with van der Waals surface area (Å²) >= 11 is 0. The van der Waals surface area contributed by atoms with Crippen molar-refractivity contribution in [2.75, 3.05) is 6.61 Å². The Labute approximate surface area is 102 Å². The third-order valence-electron chi connectivity index (χ3n) is 3.56. The third kappa shape index (κ3) is 4.11. The Morgan fingerprint density at radius 2 is 2.29 bits per heavy atom. The van der Waals surface area contributed by atoms with Crippen LogP contribution in [0.15, 0.2) is 0 Å². The zero-order chi connectivity index (χ0) is 12.7. The fraction of sp³-hybridized carbons (Fsp3) is 0.846. The van der Waals surface area contributed by atoms with E-state index in [1.165, 1.54) is 0 Å². The topological polar surface area (TPSA) is 63.6 Å². The van der Waals surface area contributed by atoms with Crippen LogP contribution in [0.1, 0.15) is 51.9 Å². The van der Waals surface area contributed by atoms with Gasteiger partial charge in [-0.05, 0) is 32.1 Å². The van der Waals surface area contributed by atoms with E-state index in [1.807, 2.05) is 0 Å². The van der Waals surface area contributed by atoms with E-state index in [0.717, 1.165) is 25.5 Å². The monoisotopic (exact) mass is 242 g/mol. The van der Waals surface area contributed by atoms with E-state index in [4.69, 9.17) is 4.74 Å². The van der Waals surface area contributed by atoms with E-state index in [0.29, 0.717) is 25.9 Å². The molecule has 1 fully saturated rings. The Balaban J connectivity index is 2.59. The molecule has 2 atom stereocenters. The summed E-state index contributed by atoms with van der Waals surface area (Å²) in [4.78, 5) is 21.9. The second-order valence-electron chi connectivity index (χ2n) is 4.77. The van der Waals surface area contributed by atoms with Gasteiger partial charge in [0.1, 0.15) is 6.29 Å². The summed E-state index contributed by atoms with van der Waals surface area (Å²) in [5, 5.41) is 10.5. The van der Waals surface area contributed by atoms with Crippen molar-refractivity contribution in [2.45, 2.75) is 57.5 Å². The SMILES string of the molecule is CCOC(=O)CC1(O)CCCCC1CCC=O. The summed E-state index contributed by atoms with van der Waals surface area (Å²) in [5.41, 5.74) is -0.965. The van der Waals surface area contributed by atoms with Gasteiger partial charge in [0.05, 0.1) is 18.6 Å². The van der Waals surface area contributed by atoms with Gasteiger partial charge in [0, 0.05) is 6.42 Å². The molecule has 1 rings (SSSR count). The molecule has 0 amide bonds. The van der Waals surface area contributed by atoms with Crippen molar-refractivity contribution in [3.05, 3.63) is 0 Å². The van der Waals surface area contributed by atoms with Crippen molar-refractivity contribution in [3.8, 4) is 0 Å². The molecular formula is C13H22O4. The molecule has 2 unspecified atom stereocenters. The van der Waals surface area contributed by atoms with Crippen LogP contribution in [0, 0.1) is 5.92 Å². The maximum absolute atomic E-state index is 11.5. The van der Waals surface area contributed by atoms with Crippen LogP contribution in [0.3, 0.4) is 0 Å². The number of ether oxygens (including phenoxy) is 1. The Morgan fingerprint density at radius 1 is 1.53 bits per heavy atom. The van der Waals surface area contributed by atoms with Crippen molar-refractivity contribution >= 4 is 12.3 Å². The summed E-state index contributed by atoms with van der Waals surface area (Å²) in [6.07, 6.45) is 5.58. The first-order valence-corrected chi connectivity index (χ1v) is 6.44. The molecule has 0 aromatic carbocycles. The molecule has 4 nitrogen and oxygen atoms in total. The van der Waals surface area contributed by atoms with Gasteiger partial charge in [0.2, 0.25) is 0 Å². The lowest BCUT2D eigenvalue weighted by atomic mass is 9.71. The van der Waals surface area contributed by atoms with E-state index >= 15 is 0 Å². The zero-order valence-electron chi connectivity index (χ0n) is 10.5. The van der Waals surface area contributed by atoms with Crippen molar-refractivity contribution in [2.24, 2.45) is 5.92 Å². The van der Waals surface area contributed by atoms with E-state index < -0.39 is 5.60 Å². The van der Waals surface area contributed by atoms with Gasteiger partial charge >= 0.3 is 5.97 Å². The van der Waals surface area contributed by atoms with Crippen molar-refractivity contribution in [1.29, 1.82) is 0 Å². The molecule has 98 valence electrons. The molecule has 0 spiro atoms. The molecule has 4 heteroatoms. The maximum Gasteiger partial charge on any atom is 0.308 e. The molecule has 1 aliphatic rings. The van der Waals surface area contributed by atoms with Gasteiger partial charge in [-0.1, -0.05) is 12.8 Å². The largest absolute Gasteiger partial charge is 0.466 e. The second kappa shape index (κ2) is 6.74. The number of carbonyl (C=O) groups excluding carboxylic acids is 2. The summed E-state index contributed by atoms with van der Waals surface area (Å²) in [5.74, 6) is -0.293. The van der Waals surface area contributed by atoms with Crippen LogP contribution in [0.2, 0.25) is 0 Å². The van der Waals surface area contributed by atoms with Crippen molar-refractivity contribution < 1.29 is 19.4 Å². The number of esters is 1. The standard InChI is InChI=1S/C13H22O4/c1-2-17-12(15)10-13(16)8-4-3-6-11(13)7-5-9-14/h9,11,16H,2-8,10H2,1H3. The summed E-state index contributed by atoms with van der Waals surface area (Å²) in [6.45, 7) is 2.10. The van der Waals surface area contributed by atoms with Gasteiger partial charge in [-0.15, -0.1) is 0 Å². The minimum Gasteiger partial charge on any atom is -0.466 e. The maximum atomic E-state index is 11.5. The van der Waals surface area contributed by atoms with Crippen molar-refractivity contribution in [3.63, 3.8) is 0 Å². The normalized spacial score (nSPS) is 28.7. The van der Waals surface area contributed by atoms with Crippen LogP contribution in [0.4, 0.5) is 0 Å². The van der Waals surface area contributed by atoms with Crippen LogP contribution in [0.5, 0.6) is 0 Å². The fourth-order valence-electron chi connectivity index (χ4n) is 2.67. The highest BCUT2D eigenvalue weighted by Crippen LogP contribution is 2.39. The van der Waals surface area contributed by atoms with Crippen molar-refractivity contribution in [1.82, 2.24) is 0 Å². The predicted molar refractivity (Wildman–Crippen MR) is 63.5 cm³/mol. The summed E-state index contributed by atoms with van der Waals surface area (Å²) < 4.78 is 4.89. The molecule has 1 saturated carbocycles. The predicted octanol–water partition coefficient (Wildman–Crippen LogP) is 1.84. The Hall–Kier alpha value is -0.900. The highest BCUT2D eigenvalue weighted by molar-refractivity contribution is 5.70. The number of hydrogen-bond donors (Lipinski definition) is 1. The van der Waals surface area contributed by atoms with Gasteiger partial charge < -0.3 is 14.6 Å². The second-order valence-corrected chi connectivity index (χ2v) is 4.77. The first kappa shape index (κ1) is 14.2. The number of aldehydes is 1. The molecular weight excluding hydrogens is 220 g/mol. The van der Waals surface area contributed by atoms with Gasteiger partial charge in [0.15, 0.2) is 0 Å². The first-order chi connectivity index (χ1) is 8.12. The van der Waals surface area contributed by atoms with Gasteiger partial charge in [-0.3, -0.25) is 4.79 Å². The highest BCUT2D eigenvalue weighted by atomic mass is 16.5. The lowest BCUT2D eigenvalue weighted by Gasteiger charge is -2.39. The Bertz CT molecular complexity index is 264. The van der Waals surface area contributed by atoms with Crippen LogP contribution in [0.25, 0.3) is 0 Å². The molecule has 0 saturated heterocycles. The average molecular weight is 242 g/mol. The number of rotatable bonds is 6. The quantitative estimate of drug-likeness (QED) is 0.570.